The maximum atomic E-state index is 11.3. The predicted octanol–water partition coefficient (Wildman–Crippen LogP) is 1.45. The van der Waals surface area contributed by atoms with E-state index in [9.17, 15) is 8.42 Å². The van der Waals surface area contributed by atoms with Crippen molar-refractivity contribution in [2.75, 3.05) is 20.6 Å². The van der Waals surface area contributed by atoms with E-state index in [4.69, 9.17) is 0 Å². The molecule has 1 N–H and O–H groups in total. The minimum absolute atomic E-state index is 0.424. The van der Waals surface area contributed by atoms with E-state index >= 15 is 0 Å². The maximum Gasteiger partial charge on any atom is 0.278 e. The molecule has 1 heterocycles. The molecule has 0 aliphatic heterocycles. The first-order valence-corrected chi connectivity index (χ1v) is 7.38. The van der Waals surface area contributed by atoms with E-state index in [0.29, 0.717) is 13.0 Å². The summed E-state index contributed by atoms with van der Waals surface area (Å²) in [7, 11) is -0.277. The number of rotatable bonds is 5. The lowest BCUT2D eigenvalue weighted by Gasteiger charge is -2.11. The molecule has 0 fully saturated rings. The minimum Gasteiger partial charge on any atom is -0.202 e. The fourth-order valence-electron chi connectivity index (χ4n) is 0.918. The highest BCUT2D eigenvalue weighted by atomic mass is 79.9. The van der Waals surface area contributed by atoms with Crippen molar-refractivity contribution in [3.05, 3.63) is 20.8 Å². The van der Waals surface area contributed by atoms with Gasteiger partial charge >= 0.3 is 0 Å². The van der Waals surface area contributed by atoms with Crippen molar-refractivity contribution < 1.29 is 8.42 Å². The molecule has 0 amide bonds. The van der Waals surface area contributed by atoms with Gasteiger partial charge in [-0.1, -0.05) is 0 Å². The number of thiophene rings is 1. The van der Waals surface area contributed by atoms with Gasteiger partial charge in [0.2, 0.25) is 0 Å². The van der Waals surface area contributed by atoms with Gasteiger partial charge in [-0.2, -0.15) is 12.7 Å². The van der Waals surface area contributed by atoms with Gasteiger partial charge in [0.05, 0.1) is 3.79 Å². The van der Waals surface area contributed by atoms with Crippen LogP contribution in [-0.4, -0.2) is 33.4 Å². The Hall–Kier alpha value is 0.0500. The van der Waals surface area contributed by atoms with E-state index in [1.807, 2.05) is 12.1 Å². The molecule has 0 aliphatic carbocycles. The molecule has 0 saturated carbocycles. The van der Waals surface area contributed by atoms with E-state index in [1.54, 1.807) is 11.3 Å². The van der Waals surface area contributed by atoms with Crippen LogP contribution in [0.25, 0.3) is 0 Å². The standard InChI is InChI=1S/C8H13BrN2O2S2/c1-11(2)15(12,13)10-6-5-7-3-4-8(9)14-7/h3-4,10H,5-6H2,1-2H3. The summed E-state index contributed by atoms with van der Waals surface area (Å²) in [6, 6.07) is 3.94. The Labute approximate surface area is 103 Å². The monoisotopic (exact) mass is 312 g/mol. The smallest absolute Gasteiger partial charge is 0.202 e. The zero-order valence-electron chi connectivity index (χ0n) is 8.53. The van der Waals surface area contributed by atoms with E-state index < -0.39 is 10.2 Å². The molecule has 7 heteroatoms. The molecule has 0 aliphatic rings. The van der Waals surface area contributed by atoms with E-state index in [1.165, 1.54) is 14.1 Å². The molecule has 0 spiro atoms. The second-order valence-corrected chi connectivity index (χ2v) is 7.65. The first-order valence-electron chi connectivity index (χ1n) is 4.33. The van der Waals surface area contributed by atoms with Crippen molar-refractivity contribution in [1.29, 1.82) is 0 Å². The summed E-state index contributed by atoms with van der Waals surface area (Å²) in [5.74, 6) is 0. The Bertz CT molecular complexity index is 414. The van der Waals surface area contributed by atoms with Crippen LogP contribution in [0, 0.1) is 0 Å². The zero-order valence-corrected chi connectivity index (χ0v) is 11.7. The highest BCUT2D eigenvalue weighted by molar-refractivity contribution is 9.11. The van der Waals surface area contributed by atoms with Gasteiger partial charge in [0, 0.05) is 25.5 Å². The number of hydrogen-bond acceptors (Lipinski definition) is 3. The Balaban J connectivity index is 2.40. The molecule has 0 radical (unpaired) electrons. The first kappa shape index (κ1) is 13.1. The molecule has 15 heavy (non-hydrogen) atoms. The number of hydrogen-bond donors (Lipinski definition) is 1. The summed E-state index contributed by atoms with van der Waals surface area (Å²) in [4.78, 5) is 1.16. The van der Waals surface area contributed by atoms with Crippen LogP contribution in [0.4, 0.5) is 0 Å². The van der Waals surface area contributed by atoms with Crippen LogP contribution in [0.15, 0.2) is 15.9 Å². The van der Waals surface area contributed by atoms with Crippen molar-refractivity contribution in [2.45, 2.75) is 6.42 Å². The summed E-state index contributed by atoms with van der Waals surface area (Å²) in [6.45, 7) is 0.424. The normalized spacial score (nSPS) is 12.3. The summed E-state index contributed by atoms with van der Waals surface area (Å²) in [5, 5.41) is 0. The predicted molar refractivity (Wildman–Crippen MR) is 66.3 cm³/mol. The average molecular weight is 313 g/mol. The number of nitrogens with one attached hydrogen (secondary N) is 1. The van der Waals surface area contributed by atoms with Crippen LogP contribution in [0.1, 0.15) is 4.88 Å². The number of nitrogens with zero attached hydrogens (tertiary/aromatic N) is 1. The lowest BCUT2D eigenvalue weighted by Crippen LogP contribution is -2.36. The van der Waals surface area contributed by atoms with E-state index in [0.717, 1.165) is 13.0 Å². The number of halogens is 1. The Morgan fingerprint density at radius 1 is 1.47 bits per heavy atom. The van der Waals surface area contributed by atoms with Gasteiger partial charge in [-0.05, 0) is 34.5 Å². The van der Waals surface area contributed by atoms with Crippen molar-refractivity contribution in [3.8, 4) is 0 Å². The van der Waals surface area contributed by atoms with Gasteiger partial charge < -0.3 is 0 Å². The van der Waals surface area contributed by atoms with Crippen LogP contribution in [0.5, 0.6) is 0 Å². The van der Waals surface area contributed by atoms with Gasteiger partial charge in [0.1, 0.15) is 0 Å². The molecule has 86 valence electrons. The van der Waals surface area contributed by atoms with Crippen LogP contribution in [-0.2, 0) is 16.6 Å². The topological polar surface area (TPSA) is 49.4 Å². The van der Waals surface area contributed by atoms with Gasteiger partial charge in [-0.3, -0.25) is 0 Å². The van der Waals surface area contributed by atoms with Crippen LogP contribution >= 0.6 is 27.3 Å². The second-order valence-electron chi connectivity index (χ2n) is 3.14. The summed E-state index contributed by atoms with van der Waals surface area (Å²) in [6.07, 6.45) is 0.712. The van der Waals surface area contributed by atoms with Crippen molar-refractivity contribution in [2.24, 2.45) is 0 Å². The molecular formula is C8H13BrN2O2S2. The summed E-state index contributed by atoms with van der Waals surface area (Å²) in [5.41, 5.74) is 0. The van der Waals surface area contributed by atoms with Crippen LogP contribution in [0.2, 0.25) is 0 Å². The van der Waals surface area contributed by atoms with Crippen molar-refractivity contribution >= 4 is 37.5 Å². The third kappa shape index (κ3) is 4.20. The fraction of sp³-hybridized carbons (Fsp3) is 0.500. The Kier molecular flexibility index (Phi) is 4.72. The molecule has 0 bridgehead atoms. The SMILES string of the molecule is CN(C)S(=O)(=O)NCCc1ccc(Br)s1. The highest BCUT2D eigenvalue weighted by Crippen LogP contribution is 2.22. The van der Waals surface area contributed by atoms with Crippen molar-refractivity contribution in [3.63, 3.8) is 0 Å². The Morgan fingerprint density at radius 3 is 2.60 bits per heavy atom. The lowest BCUT2D eigenvalue weighted by atomic mass is 10.3. The molecule has 0 unspecified atom stereocenters. The molecule has 0 atom stereocenters. The van der Waals surface area contributed by atoms with Gasteiger partial charge in [0.25, 0.3) is 10.2 Å². The van der Waals surface area contributed by atoms with Gasteiger partial charge in [-0.25, -0.2) is 4.72 Å². The van der Waals surface area contributed by atoms with Crippen LogP contribution < -0.4 is 4.72 Å². The highest BCUT2D eigenvalue weighted by Gasteiger charge is 2.11. The first-order chi connectivity index (χ1) is 6.92. The largest absolute Gasteiger partial charge is 0.278 e. The molecule has 0 aromatic carbocycles. The third-order valence-electron chi connectivity index (χ3n) is 1.77. The van der Waals surface area contributed by atoms with E-state index in [-0.39, 0.29) is 0 Å². The quantitative estimate of drug-likeness (QED) is 0.894. The molecule has 1 aromatic heterocycles. The Morgan fingerprint density at radius 2 is 2.13 bits per heavy atom. The second kappa shape index (κ2) is 5.40. The van der Waals surface area contributed by atoms with Crippen molar-refractivity contribution in [1.82, 2.24) is 9.03 Å². The third-order valence-corrected chi connectivity index (χ3v) is 4.98. The summed E-state index contributed by atoms with van der Waals surface area (Å²) >= 11 is 4.97. The maximum absolute atomic E-state index is 11.3. The zero-order chi connectivity index (χ0) is 11.5. The van der Waals surface area contributed by atoms with Gasteiger partial charge in [-0.15, -0.1) is 11.3 Å². The molecule has 0 saturated heterocycles. The molecule has 4 nitrogen and oxygen atoms in total. The molecule has 1 rings (SSSR count). The minimum atomic E-state index is -3.29. The van der Waals surface area contributed by atoms with Crippen LogP contribution in [0.3, 0.4) is 0 Å². The lowest BCUT2D eigenvalue weighted by molar-refractivity contribution is 0.506. The fourth-order valence-corrected chi connectivity index (χ4v) is 3.02. The molecular weight excluding hydrogens is 300 g/mol. The molecule has 1 aromatic rings. The van der Waals surface area contributed by atoms with Gasteiger partial charge in [0.15, 0.2) is 0 Å². The average Bonchev–Trinajstić information content (AvgIpc) is 2.51. The van der Waals surface area contributed by atoms with E-state index in [2.05, 4.69) is 20.7 Å². The summed E-state index contributed by atoms with van der Waals surface area (Å²) < 4.78 is 27.4.